The van der Waals surface area contributed by atoms with Crippen LogP contribution in [0.2, 0.25) is 0 Å². The van der Waals surface area contributed by atoms with Crippen LogP contribution in [0.3, 0.4) is 0 Å². The van der Waals surface area contributed by atoms with Gasteiger partial charge in [-0.2, -0.15) is 0 Å². The van der Waals surface area contributed by atoms with Crippen molar-refractivity contribution < 1.29 is 28.5 Å². The Hall–Kier alpha value is -5.10. The number of fused-ring (bicyclic) bond motifs is 4. The van der Waals surface area contributed by atoms with E-state index < -0.39 is 12.3 Å². The zero-order chi connectivity index (χ0) is 33.9. The van der Waals surface area contributed by atoms with E-state index in [-0.39, 0.29) is 0 Å². The Balaban J connectivity index is 1.71. The molecule has 0 unspecified atom stereocenters. The standard InChI is InChI=1S/C42H42O6/c1-7-9-19-45-41(43)47-39-31-17-13-25(3)21-33(31)37(29-15-11-27(5)23-35(29)39)38-30-16-12-28(6)24-36(30)40(48-42(44)46-20-10-8-2)32-18-14-26(4)22-34(32)38/h11-18,21-24H,7-10,19-20H2,1-6H3. The van der Waals surface area contributed by atoms with Crippen molar-refractivity contribution in [3.05, 3.63) is 95.1 Å². The minimum Gasteiger partial charge on any atom is -0.434 e. The number of benzene rings is 6. The third-order valence-corrected chi connectivity index (χ3v) is 8.81. The van der Waals surface area contributed by atoms with Crippen molar-refractivity contribution in [1.29, 1.82) is 0 Å². The van der Waals surface area contributed by atoms with Gasteiger partial charge in [-0.05, 0) is 85.3 Å². The van der Waals surface area contributed by atoms with Crippen molar-refractivity contribution in [2.24, 2.45) is 0 Å². The van der Waals surface area contributed by atoms with Crippen molar-refractivity contribution >= 4 is 55.4 Å². The maximum absolute atomic E-state index is 13.0. The first kappa shape index (κ1) is 32.8. The fraction of sp³-hybridized carbons (Fsp3) is 0.286. The summed E-state index contributed by atoms with van der Waals surface area (Å²) in [7, 11) is 0. The van der Waals surface area contributed by atoms with Crippen molar-refractivity contribution in [2.75, 3.05) is 13.2 Å². The summed E-state index contributed by atoms with van der Waals surface area (Å²) < 4.78 is 23.0. The molecular weight excluding hydrogens is 600 g/mol. The summed E-state index contributed by atoms with van der Waals surface area (Å²) in [5.41, 5.74) is 6.24. The topological polar surface area (TPSA) is 71.1 Å². The lowest BCUT2D eigenvalue weighted by atomic mass is 9.84. The van der Waals surface area contributed by atoms with Gasteiger partial charge in [-0.3, -0.25) is 0 Å². The second-order valence-corrected chi connectivity index (χ2v) is 12.7. The molecule has 6 heteroatoms. The molecule has 6 nitrogen and oxygen atoms in total. The highest BCUT2D eigenvalue weighted by Gasteiger charge is 2.25. The van der Waals surface area contributed by atoms with Crippen molar-refractivity contribution in [1.82, 2.24) is 0 Å². The van der Waals surface area contributed by atoms with Gasteiger partial charge in [0.1, 0.15) is 11.5 Å². The molecule has 48 heavy (non-hydrogen) atoms. The van der Waals surface area contributed by atoms with E-state index in [2.05, 4.69) is 62.4 Å². The fourth-order valence-electron chi connectivity index (χ4n) is 6.42. The number of carbonyl (C=O) groups excluding carboxylic acids is 2. The quantitative estimate of drug-likeness (QED) is 0.0676. The van der Waals surface area contributed by atoms with Gasteiger partial charge in [0.25, 0.3) is 0 Å². The van der Waals surface area contributed by atoms with Gasteiger partial charge in [-0.25, -0.2) is 9.59 Å². The highest BCUT2D eigenvalue weighted by atomic mass is 16.7. The van der Waals surface area contributed by atoms with E-state index in [0.717, 1.165) is 102 Å². The number of carbonyl (C=O) groups is 2. The predicted octanol–water partition coefficient (Wildman–Crippen LogP) is 11.8. The van der Waals surface area contributed by atoms with Crippen LogP contribution in [-0.4, -0.2) is 25.5 Å². The van der Waals surface area contributed by atoms with E-state index in [1.54, 1.807) is 0 Å². The first-order chi connectivity index (χ1) is 23.2. The summed E-state index contributed by atoms with van der Waals surface area (Å²) >= 11 is 0. The van der Waals surface area contributed by atoms with Gasteiger partial charge in [0.05, 0.1) is 13.2 Å². The lowest BCUT2D eigenvalue weighted by molar-refractivity contribution is 0.0977. The summed E-state index contributed by atoms with van der Waals surface area (Å²) in [6, 6.07) is 24.9. The zero-order valence-corrected chi connectivity index (χ0v) is 28.6. The molecule has 6 aromatic rings. The molecule has 0 fully saturated rings. The van der Waals surface area contributed by atoms with E-state index in [1.165, 1.54) is 0 Å². The molecule has 0 bridgehead atoms. The number of unbranched alkanes of at least 4 members (excludes halogenated alkanes) is 2. The van der Waals surface area contributed by atoms with Crippen LogP contribution in [0.25, 0.3) is 54.2 Å². The third kappa shape index (κ3) is 6.40. The Morgan fingerprint density at radius 3 is 1.15 bits per heavy atom. The number of rotatable bonds is 9. The minimum absolute atomic E-state index is 0.304. The molecule has 0 saturated carbocycles. The molecule has 0 N–H and O–H groups in total. The average Bonchev–Trinajstić information content (AvgIpc) is 3.05. The molecule has 0 aliphatic rings. The van der Waals surface area contributed by atoms with E-state index in [9.17, 15) is 9.59 Å². The van der Waals surface area contributed by atoms with Gasteiger partial charge in [0.15, 0.2) is 0 Å². The van der Waals surface area contributed by atoms with Crippen LogP contribution in [0, 0.1) is 27.7 Å². The first-order valence-electron chi connectivity index (χ1n) is 16.8. The Morgan fingerprint density at radius 2 is 0.792 bits per heavy atom. The molecular formula is C42H42O6. The van der Waals surface area contributed by atoms with Gasteiger partial charge in [0.2, 0.25) is 0 Å². The van der Waals surface area contributed by atoms with Gasteiger partial charge >= 0.3 is 12.3 Å². The Bertz CT molecular complexity index is 2040. The fourth-order valence-corrected chi connectivity index (χ4v) is 6.42. The molecule has 0 saturated heterocycles. The number of hydrogen-bond donors (Lipinski definition) is 0. The van der Waals surface area contributed by atoms with Crippen molar-refractivity contribution in [3.8, 4) is 22.6 Å². The van der Waals surface area contributed by atoms with Crippen LogP contribution in [0.5, 0.6) is 11.5 Å². The van der Waals surface area contributed by atoms with Gasteiger partial charge in [-0.15, -0.1) is 0 Å². The monoisotopic (exact) mass is 642 g/mol. The maximum atomic E-state index is 13.0. The largest absolute Gasteiger partial charge is 0.513 e. The summed E-state index contributed by atoms with van der Waals surface area (Å²) in [5, 5.41) is 7.01. The maximum Gasteiger partial charge on any atom is 0.513 e. The van der Waals surface area contributed by atoms with Crippen molar-refractivity contribution in [2.45, 2.75) is 67.2 Å². The molecule has 0 aliphatic carbocycles. The lowest BCUT2D eigenvalue weighted by Crippen LogP contribution is -2.12. The van der Waals surface area contributed by atoms with E-state index in [4.69, 9.17) is 18.9 Å². The number of aryl methyl sites for hydroxylation is 4. The summed E-state index contributed by atoms with van der Waals surface area (Å²) in [6.45, 7) is 12.9. The molecule has 0 aromatic heterocycles. The van der Waals surface area contributed by atoms with Crippen LogP contribution in [0.15, 0.2) is 72.8 Å². The number of ether oxygens (including phenoxy) is 4. The Kier molecular flexibility index (Phi) is 9.54. The van der Waals surface area contributed by atoms with Crippen LogP contribution in [-0.2, 0) is 9.47 Å². The molecule has 0 heterocycles. The van der Waals surface area contributed by atoms with Crippen LogP contribution < -0.4 is 9.47 Å². The molecule has 6 aromatic carbocycles. The Morgan fingerprint density at radius 1 is 0.458 bits per heavy atom. The smallest absolute Gasteiger partial charge is 0.434 e. The summed E-state index contributed by atoms with van der Waals surface area (Å²) in [4.78, 5) is 26.0. The molecule has 0 aliphatic heterocycles. The van der Waals surface area contributed by atoms with E-state index in [1.807, 2.05) is 52.0 Å². The summed E-state index contributed by atoms with van der Waals surface area (Å²) in [5.74, 6) is 0.953. The van der Waals surface area contributed by atoms with Crippen LogP contribution in [0.1, 0.15) is 61.8 Å². The van der Waals surface area contributed by atoms with E-state index in [0.29, 0.717) is 24.7 Å². The minimum atomic E-state index is -0.713. The second kappa shape index (κ2) is 13.9. The average molecular weight is 643 g/mol. The molecule has 6 rings (SSSR count). The highest BCUT2D eigenvalue weighted by Crippen LogP contribution is 2.50. The third-order valence-electron chi connectivity index (χ3n) is 8.81. The molecule has 0 radical (unpaired) electrons. The highest BCUT2D eigenvalue weighted by molar-refractivity contribution is 6.27. The second-order valence-electron chi connectivity index (χ2n) is 12.7. The van der Waals surface area contributed by atoms with Crippen molar-refractivity contribution in [3.63, 3.8) is 0 Å². The molecule has 0 amide bonds. The first-order valence-corrected chi connectivity index (χ1v) is 16.8. The predicted molar refractivity (Wildman–Crippen MR) is 195 cm³/mol. The van der Waals surface area contributed by atoms with Crippen LogP contribution in [0.4, 0.5) is 9.59 Å². The lowest BCUT2D eigenvalue weighted by Gasteiger charge is -2.22. The molecule has 0 atom stereocenters. The molecule has 246 valence electrons. The molecule has 0 spiro atoms. The van der Waals surface area contributed by atoms with Gasteiger partial charge in [-0.1, -0.05) is 110 Å². The van der Waals surface area contributed by atoms with Gasteiger partial charge < -0.3 is 18.9 Å². The van der Waals surface area contributed by atoms with Gasteiger partial charge in [0, 0.05) is 21.5 Å². The summed E-state index contributed by atoms with van der Waals surface area (Å²) in [6.07, 6.45) is 1.94. The SMILES string of the molecule is CCCCOC(=O)Oc1c2cc(C)ccc2c(-c2c3ccc(C)cc3c(OC(=O)OCCCC)c3ccc(C)cc23)c2cc(C)ccc12. The van der Waals surface area contributed by atoms with Crippen LogP contribution >= 0.6 is 0 Å². The zero-order valence-electron chi connectivity index (χ0n) is 28.6. The van der Waals surface area contributed by atoms with E-state index >= 15 is 0 Å². The Labute approximate surface area is 281 Å². The normalized spacial score (nSPS) is 11.4. The number of hydrogen-bond acceptors (Lipinski definition) is 6.